The Morgan fingerprint density at radius 2 is 1.73 bits per heavy atom. The zero-order chi connectivity index (χ0) is 21.7. The Hall–Kier alpha value is -2.99. The van der Waals surface area contributed by atoms with E-state index in [9.17, 15) is 14.4 Å². The highest BCUT2D eigenvalue weighted by Gasteiger charge is 2.21. The molecule has 1 N–H and O–H groups in total. The van der Waals surface area contributed by atoms with Crippen molar-refractivity contribution in [2.45, 2.75) is 32.2 Å². The van der Waals surface area contributed by atoms with Crippen LogP contribution in [-0.4, -0.2) is 21.4 Å². The van der Waals surface area contributed by atoms with Gasteiger partial charge in [-0.25, -0.2) is 0 Å². The van der Waals surface area contributed by atoms with Crippen LogP contribution in [0.5, 0.6) is 0 Å². The quantitative estimate of drug-likeness (QED) is 0.482. The highest BCUT2D eigenvalue weighted by Crippen LogP contribution is 2.32. The molecule has 1 unspecified atom stereocenters. The van der Waals surface area contributed by atoms with Crippen LogP contribution in [0.4, 0.5) is 0 Å². The van der Waals surface area contributed by atoms with Crippen LogP contribution >= 0.6 is 15.9 Å². The predicted molar refractivity (Wildman–Crippen MR) is 119 cm³/mol. The van der Waals surface area contributed by atoms with E-state index in [1.807, 2.05) is 55.5 Å². The molecule has 30 heavy (non-hydrogen) atoms. The number of carbonyl (C=O) groups is 2. The number of carbonyl (C=O) groups excluding carboxylic acids is 1. The Morgan fingerprint density at radius 3 is 2.40 bits per heavy atom. The van der Waals surface area contributed by atoms with Gasteiger partial charge in [0.25, 0.3) is 5.56 Å². The summed E-state index contributed by atoms with van der Waals surface area (Å²) in [6, 6.07) is 18.7. The van der Waals surface area contributed by atoms with Crippen LogP contribution < -0.4 is 5.56 Å². The van der Waals surface area contributed by atoms with E-state index in [2.05, 4.69) is 15.9 Å². The van der Waals surface area contributed by atoms with E-state index in [0.717, 1.165) is 21.2 Å². The second-order valence-electron chi connectivity index (χ2n) is 7.18. The molecule has 154 valence electrons. The van der Waals surface area contributed by atoms with Gasteiger partial charge in [0.1, 0.15) is 0 Å². The zero-order valence-electron chi connectivity index (χ0n) is 16.5. The SMILES string of the molecule is Cc1ccccc1C(CC(=O)c1ccc(=O)n(CCC(=O)O)c1)c1ccc(Br)cc1. The summed E-state index contributed by atoms with van der Waals surface area (Å²) in [5.41, 5.74) is 3.28. The van der Waals surface area contributed by atoms with Gasteiger partial charge in [-0.15, -0.1) is 0 Å². The first-order chi connectivity index (χ1) is 14.3. The van der Waals surface area contributed by atoms with E-state index < -0.39 is 5.97 Å². The lowest BCUT2D eigenvalue weighted by Gasteiger charge is -2.20. The molecule has 0 spiro atoms. The normalized spacial score (nSPS) is 11.8. The summed E-state index contributed by atoms with van der Waals surface area (Å²) < 4.78 is 2.25. The van der Waals surface area contributed by atoms with Crippen molar-refractivity contribution in [1.29, 1.82) is 0 Å². The summed E-state index contributed by atoms with van der Waals surface area (Å²) in [6.07, 6.45) is 1.52. The minimum absolute atomic E-state index is 0.0310. The van der Waals surface area contributed by atoms with Gasteiger partial charge in [-0.05, 0) is 41.8 Å². The van der Waals surface area contributed by atoms with Gasteiger partial charge in [-0.2, -0.15) is 0 Å². The third-order valence-corrected chi connectivity index (χ3v) is 5.63. The van der Waals surface area contributed by atoms with Gasteiger partial charge in [-0.3, -0.25) is 14.4 Å². The molecule has 1 aromatic heterocycles. The number of nitrogens with zero attached hydrogens (tertiary/aromatic N) is 1. The van der Waals surface area contributed by atoms with Gasteiger partial charge in [-0.1, -0.05) is 52.3 Å². The minimum Gasteiger partial charge on any atom is -0.481 e. The Kier molecular flexibility index (Phi) is 7.00. The number of halogens is 1. The van der Waals surface area contributed by atoms with Gasteiger partial charge >= 0.3 is 5.97 Å². The van der Waals surface area contributed by atoms with Crippen molar-refractivity contribution in [3.8, 4) is 0 Å². The fourth-order valence-electron chi connectivity index (χ4n) is 3.47. The van der Waals surface area contributed by atoms with E-state index in [4.69, 9.17) is 5.11 Å². The summed E-state index contributed by atoms with van der Waals surface area (Å²) in [6.45, 7) is 2.06. The van der Waals surface area contributed by atoms with Crippen molar-refractivity contribution in [2.24, 2.45) is 0 Å². The van der Waals surface area contributed by atoms with Crippen LogP contribution in [0.3, 0.4) is 0 Å². The van der Waals surface area contributed by atoms with E-state index >= 15 is 0 Å². The molecule has 0 aliphatic carbocycles. The number of benzene rings is 2. The zero-order valence-corrected chi connectivity index (χ0v) is 18.1. The monoisotopic (exact) mass is 467 g/mol. The second-order valence-corrected chi connectivity index (χ2v) is 8.10. The van der Waals surface area contributed by atoms with Crippen LogP contribution in [-0.2, 0) is 11.3 Å². The first-order valence-electron chi connectivity index (χ1n) is 9.61. The maximum atomic E-state index is 13.1. The number of rotatable bonds is 8. The average Bonchev–Trinajstić information content (AvgIpc) is 2.72. The number of carboxylic acids is 1. The van der Waals surface area contributed by atoms with Gasteiger partial charge in [0.15, 0.2) is 5.78 Å². The molecule has 1 atom stereocenters. The smallest absolute Gasteiger partial charge is 0.305 e. The van der Waals surface area contributed by atoms with E-state index in [0.29, 0.717) is 5.56 Å². The number of aryl methyl sites for hydroxylation is 2. The van der Waals surface area contributed by atoms with Crippen LogP contribution in [0, 0.1) is 6.92 Å². The first kappa shape index (κ1) is 21.7. The second kappa shape index (κ2) is 9.67. The summed E-state index contributed by atoms with van der Waals surface area (Å²) in [5, 5.41) is 8.88. The highest BCUT2D eigenvalue weighted by molar-refractivity contribution is 9.10. The molecular weight excluding hydrogens is 446 g/mol. The van der Waals surface area contributed by atoms with Crippen molar-refractivity contribution in [1.82, 2.24) is 4.57 Å². The number of ketones is 1. The van der Waals surface area contributed by atoms with Crippen molar-refractivity contribution in [3.05, 3.63) is 104 Å². The van der Waals surface area contributed by atoms with Crippen LogP contribution in [0.2, 0.25) is 0 Å². The van der Waals surface area contributed by atoms with Crippen molar-refractivity contribution in [3.63, 3.8) is 0 Å². The Bertz CT molecular complexity index is 1120. The van der Waals surface area contributed by atoms with Crippen molar-refractivity contribution >= 4 is 27.7 Å². The number of hydrogen-bond donors (Lipinski definition) is 1. The fraction of sp³-hybridized carbons (Fsp3) is 0.208. The molecular formula is C24H22BrNO4. The molecule has 1 heterocycles. The Labute approximate surface area is 183 Å². The summed E-state index contributed by atoms with van der Waals surface area (Å²) in [7, 11) is 0. The number of Topliss-reactive ketones (excluding diaryl/α,β-unsaturated/α-hetero) is 1. The summed E-state index contributed by atoms with van der Waals surface area (Å²) in [4.78, 5) is 36.0. The lowest BCUT2D eigenvalue weighted by Crippen LogP contribution is -2.22. The van der Waals surface area contributed by atoms with Crippen molar-refractivity contribution < 1.29 is 14.7 Å². The molecule has 5 nitrogen and oxygen atoms in total. The molecule has 3 rings (SSSR count). The summed E-state index contributed by atoms with van der Waals surface area (Å²) >= 11 is 3.45. The number of carboxylic acid groups (broad SMARTS) is 1. The standard InChI is InChI=1S/C24H22BrNO4/c1-16-4-2-3-5-20(16)21(17-6-9-19(25)10-7-17)14-22(27)18-8-11-23(28)26(15-18)13-12-24(29)30/h2-11,15,21H,12-14H2,1H3,(H,29,30). The maximum Gasteiger partial charge on any atom is 0.305 e. The third kappa shape index (κ3) is 5.33. The number of hydrogen-bond acceptors (Lipinski definition) is 3. The molecule has 0 radical (unpaired) electrons. The number of pyridine rings is 1. The Balaban J connectivity index is 1.93. The van der Waals surface area contributed by atoms with Gasteiger partial charge in [0, 0.05) is 41.2 Å². The molecule has 0 amide bonds. The first-order valence-corrected chi connectivity index (χ1v) is 10.4. The molecule has 0 saturated carbocycles. The largest absolute Gasteiger partial charge is 0.481 e. The molecule has 0 saturated heterocycles. The van der Waals surface area contributed by atoms with Gasteiger partial charge in [0.05, 0.1) is 6.42 Å². The van der Waals surface area contributed by atoms with E-state index in [1.165, 1.54) is 22.9 Å². The maximum absolute atomic E-state index is 13.1. The summed E-state index contributed by atoms with van der Waals surface area (Å²) in [5.74, 6) is -1.23. The predicted octanol–water partition coefficient (Wildman–Crippen LogP) is 4.80. The van der Waals surface area contributed by atoms with E-state index in [1.54, 1.807) is 0 Å². The molecule has 2 aromatic carbocycles. The van der Waals surface area contributed by atoms with Crippen LogP contribution in [0.15, 0.2) is 76.1 Å². The van der Waals surface area contributed by atoms with Crippen molar-refractivity contribution in [2.75, 3.05) is 0 Å². The molecule has 6 heteroatoms. The van der Waals surface area contributed by atoms with Crippen LogP contribution in [0.1, 0.15) is 45.8 Å². The fourth-order valence-corrected chi connectivity index (χ4v) is 3.73. The van der Waals surface area contributed by atoms with Gasteiger partial charge in [0.2, 0.25) is 0 Å². The van der Waals surface area contributed by atoms with Gasteiger partial charge < -0.3 is 9.67 Å². The highest BCUT2D eigenvalue weighted by atomic mass is 79.9. The van der Waals surface area contributed by atoms with E-state index in [-0.39, 0.29) is 36.6 Å². The van der Waals surface area contributed by atoms with Crippen LogP contribution in [0.25, 0.3) is 0 Å². The third-order valence-electron chi connectivity index (χ3n) is 5.10. The molecule has 3 aromatic rings. The number of aliphatic carboxylic acids is 1. The lowest BCUT2D eigenvalue weighted by atomic mass is 9.84. The Morgan fingerprint density at radius 1 is 1.03 bits per heavy atom. The average molecular weight is 468 g/mol. The lowest BCUT2D eigenvalue weighted by molar-refractivity contribution is -0.137. The topological polar surface area (TPSA) is 76.4 Å². The minimum atomic E-state index is -0.992. The molecule has 0 aliphatic rings. The number of aromatic nitrogens is 1. The molecule has 0 aliphatic heterocycles. The molecule has 0 fully saturated rings. The molecule has 0 bridgehead atoms.